The zero-order valence-electron chi connectivity index (χ0n) is 14.4. The number of benzene rings is 1. The summed E-state index contributed by atoms with van der Waals surface area (Å²) in [4.78, 5) is 23.8. The summed E-state index contributed by atoms with van der Waals surface area (Å²) < 4.78 is 6.41. The monoisotopic (exact) mass is 347 g/mol. The van der Waals surface area contributed by atoms with Crippen molar-refractivity contribution >= 4 is 17.6 Å². The zero-order chi connectivity index (χ0) is 17.9. The van der Waals surface area contributed by atoms with Gasteiger partial charge in [-0.15, -0.1) is 0 Å². The summed E-state index contributed by atoms with van der Waals surface area (Å²) in [7, 11) is 1.36. The van der Waals surface area contributed by atoms with Gasteiger partial charge in [0.2, 0.25) is 0 Å². The van der Waals surface area contributed by atoms with E-state index in [4.69, 9.17) is 11.6 Å². The Morgan fingerprint density at radius 3 is 2.42 bits per heavy atom. The van der Waals surface area contributed by atoms with E-state index in [1.807, 2.05) is 19.1 Å². The third-order valence-electron chi connectivity index (χ3n) is 4.18. The normalized spacial score (nSPS) is 10.9. The highest BCUT2D eigenvalue weighted by molar-refractivity contribution is 6.30. The number of nitrogens with zero attached hydrogens (tertiary/aromatic N) is 1. The molecule has 0 radical (unpaired) electrons. The van der Waals surface area contributed by atoms with Crippen LogP contribution in [0.25, 0.3) is 0 Å². The Morgan fingerprint density at radius 1 is 1.25 bits per heavy atom. The SMILES string of the molecule is COC(=O)c1ccc(CCn2c(C)c(C(C)C)cc(Cl)c2=O)cc1. The summed E-state index contributed by atoms with van der Waals surface area (Å²) in [6.07, 6.45) is 0.681. The van der Waals surface area contributed by atoms with Gasteiger partial charge in [-0.2, -0.15) is 0 Å². The lowest BCUT2D eigenvalue weighted by molar-refractivity contribution is 0.0600. The molecule has 2 aromatic rings. The Hall–Kier alpha value is -2.07. The van der Waals surface area contributed by atoms with Gasteiger partial charge in [-0.1, -0.05) is 37.6 Å². The van der Waals surface area contributed by atoms with Crippen LogP contribution < -0.4 is 5.56 Å². The average Bonchev–Trinajstić information content (AvgIpc) is 2.57. The predicted molar refractivity (Wildman–Crippen MR) is 96.0 cm³/mol. The molecule has 0 saturated heterocycles. The third-order valence-corrected chi connectivity index (χ3v) is 4.45. The quantitative estimate of drug-likeness (QED) is 0.769. The van der Waals surface area contributed by atoms with Crippen molar-refractivity contribution < 1.29 is 9.53 Å². The molecule has 0 bridgehead atoms. The minimum absolute atomic E-state index is 0.162. The van der Waals surface area contributed by atoms with Crippen molar-refractivity contribution in [2.75, 3.05) is 7.11 Å². The molecule has 0 N–H and O–H groups in total. The lowest BCUT2D eigenvalue weighted by Crippen LogP contribution is -2.25. The molecule has 1 aromatic carbocycles. The van der Waals surface area contributed by atoms with Crippen molar-refractivity contribution in [1.82, 2.24) is 4.57 Å². The number of methoxy groups -OCH3 is 1. The number of pyridine rings is 1. The number of aromatic nitrogens is 1. The molecule has 1 heterocycles. The molecule has 0 aliphatic heterocycles. The van der Waals surface area contributed by atoms with Gasteiger partial charge in [0.05, 0.1) is 12.7 Å². The fraction of sp³-hybridized carbons (Fsp3) is 0.368. The smallest absolute Gasteiger partial charge is 0.337 e. The molecule has 2 rings (SSSR count). The molecule has 24 heavy (non-hydrogen) atoms. The average molecular weight is 348 g/mol. The van der Waals surface area contributed by atoms with Crippen LogP contribution in [0.3, 0.4) is 0 Å². The highest BCUT2D eigenvalue weighted by Gasteiger charge is 2.13. The lowest BCUT2D eigenvalue weighted by Gasteiger charge is -2.17. The summed E-state index contributed by atoms with van der Waals surface area (Å²) in [5.74, 6) is -0.0567. The van der Waals surface area contributed by atoms with Gasteiger partial charge in [0.1, 0.15) is 5.02 Å². The standard InChI is InChI=1S/C19H22ClNO3/c1-12(2)16-11-17(20)18(22)21(13(16)3)10-9-14-5-7-15(8-6-14)19(23)24-4/h5-8,11-12H,9-10H2,1-4H3. The largest absolute Gasteiger partial charge is 0.465 e. The number of hydrogen-bond acceptors (Lipinski definition) is 3. The van der Waals surface area contributed by atoms with E-state index in [1.165, 1.54) is 7.11 Å². The fourth-order valence-corrected chi connectivity index (χ4v) is 2.98. The molecule has 0 atom stereocenters. The molecule has 0 amide bonds. The second-order valence-electron chi connectivity index (χ2n) is 6.08. The molecule has 1 aromatic heterocycles. The van der Waals surface area contributed by atoms with Gasteiger partial charge in [-0.25, -0.2) is 4.79 Å². The first kappa shape index (κ1) is 18.3. The van der Waals surface area contributed by atoms with Crippen LogP contribution in [-0.2, 0) is 17.7 Å². The fourth-order valence-electron chi connectivity index (χ4n) is 2.76. The lowest BCUT2D eigenvalue weighted by atomic mass is 10.0. The van der Waals surface area contributed by atoms with E-state index in [0.717, 1.165) is 16.8 Å². The van der Waals surface area contributed by atoms with E-state index in [2.05, 4.69) is 18.6 Å². The third kappa shape index (κ3) is 3.88. The number of aryl methyl sites for hydroxylation is 1. The molecule has 0 aliphatic rings. The van der Waals surface area contributed by atoms with E-state index in [9.17, 15) is 9.59 Å². The number of carbonyl (C=O) groups is 1. The van der Waals surface area contributed by atoms with Crippen molar-refractivity contribution in [2.24, 2.45) is 0 Å². The summed E-state index contributed by atoms with van der Waals surface area (Å²) in [6, 6.07) is 8.98. The van der Waals surface area contributed by atoms with Gasteiger partial charge in [-0.3, -0.25) is 4.79 Å². The van der Waals surface area contributed by atoms with E-state index >= 15 is 0 Å². The van der Waals surface area contributed by atoms with Crippen molar-refractivity contribution in [2.45, 2.75) is 39.7 Å². The first-order valence-corrected chi connectivity index (χ1v) is 8.30. The molecule has 0 fully saturated rings. The second kappa shape index (κ2) is 7.67. The Balaban J connectivity index is 2.23. The minimum Gasteiger partial charge on any atom is -0.465 e. The predicted octanol–water partition coefficient (Wildman–Crippen LogP) is 3.96. The number of carbonyl (C=O) groups excluding carboxylic acids is 1. The van der Waals surface area contributed by atoms with Gasteiger partial charge in [0.25, 0.3) is 5.56 Å². The molecule has 0 spiro atoms. The zero-order valence-corrected chi connectivity index (χ0v) is 15.2. The molecule has 4 nitrogen and oxygen atoms in total. The van der Waals surface area contributed by atoms with Crippen molar-refractivity contribution in [3.8, 4) is 0 Å². The Bertz CT molecular complexity index is 791. The number of halogens is 1. The van der Waals surface area contributed by atoms with Gasteiger partial charge in [0, 0.05) is 12.2 Å². The highest BCUT2D eigenvalue weighted by Crippen LogP contribution is 2.21. The van der Waals surface area contributed by atoms with Crippen molar-refractivity contribution in [3.05, 3.63) is 68.1 Å². The number of hydrogen-bond donors (Lipinski definition) is 0. The van der Waals surface area contributed by atoms with Crippen LogP contribution in [0, 0.1) is 6.92 Å². The topological polar surface area (TPSA) is 48.3 Å². The van der Waals surface area contributed by atoms with Crippen LogP contribution >= 0.6 is 11.6 Å². The maximum atomic E-state index is 12.3. The summed E-state index contributed by atoms with van der Waals surface area (Å²) >= 11 is 6.10. The van der Waals surface area contributed by atoms with E-state index < -0.39 is 0 Å². The van der Waals surface area contributed by atoms with Gasteiger partial charge in [0.15, 0.2) is 0 Å². The molecule has 0 saturated carbocycles. The van der Waals surface area contributed by atoms with Crippen LogP contribution in [0.5, 0.6) is 0 Å². The van der Waals surface area contributed by atoms with Crippen molar-refractivity contribution in [1.29, 1.82) is 0 Å². The van der Waals surface area contributed by atoms with Crippen LogP contribution in [0.2, 0.25) is 5.02 Å². The van der Waals surface area contributed by atoms with Gasteiger partial charge in [-0.05, 0) is 48.6 Å². The Kier molecular flexibility index (Phi) is 5.84. The number of rotatable bonds is 5. The van der Waals surface area contributed by atoms with Crippen molar-refractivity contribution in [3.63, 3.8) is 0 Å². The van der Waals surface area contributed by atoms with E-state index in [0.29, 0.717) is 24.4 Å². The maximum absolute atomic E-state index is 12.3. The molecule has 5 heteroatoms. The van der Waals surface area contributed by atoms with Gasteiger partial charge < -0.3 is 9.30 Å². The summed E-state index contributed by atoms with van der Waals surface area (Å²) in [5, 5.41) is 0.255. The Morgan fingerprint density at radius 2 is 1.88 bits per heavy atom. The second-order valence-corrected chi connectivity index (χ2v) is 6.49. The highest BCUT2D eigenvalue weighted by atomic mass is 35.5. The van der Waals surface area contributed by atoms with Crippen LogP contribution in [0.4, 0.5) is 0 Å². The van der Waals surface area contributed by atoms with Crippen LogP contribution in [0.1, 0.15) is 46.9 Å². The van der Waals surface area contributed by atoms with Crippen LogP contribution in [-0.4, -0.2) is 17.6 Å². The molecular weight excluding hydrogens is 326 g/mol. The van der Waals surface area contributed by atoms with E-state index in [1.54, 1.807) is 22.8 Å². The number of ether oxygens (including phenoxy) is 1. The Labute approximate surface area is 147 Å². The minimum atomic E-state index is -0.356. The molecule has 0 unspecified atom stereocenters. The number of esters is 1. The van der Waals surface area contributed by atoms with Gasteiger partial charge >= 0.3 is 5.97 Å². The van der Waals surface area contributed by atoms with E-state index in [-0.39, 0.29) is 16.6 Å². The maximum Gasteiger partial charge on any atom is 0.337 e. The molecule has 0 aliphatic carbocycles. The molecule has 128 valence electrons. The summed E-state index contributed by atoms with van der Waals surface area (Å²) in [5.41, 5.74) is 3.43. The summed E-state index contributed by atoms with van der Waals surface area (Å²) in [6.45, 7) is 6.66. The van der Waals surface area contributed by atoms with Crippen LogP contribution in [0.15, 0.2) is 35.1 Å². The first-order valence-electron chi connectivity index (χ1n) is 7.92. The molecular formula is C19H22ClNO3. The first-order chi connectivity index (χ1) is 11.3.